The van der Waals surface area contributed by atoms with E-state index in [-0.39, 0.29) is 37.0 Å². The molecule has 0 fully saturated rings. The van der Waals surface area contributed by atoms with Gasteiger partial charge in [-0.2, -0.15) is 9.37 Å². The van der Waals surface area contributed by atoms with Crippen molar-refractivity contribution in [2.24, 2.45) is 5.73 Å². The molecule has 3 amide bonds. The largest absolute Gasteiger partial charge is 0.573 e. The fourth-order valence-corrected chi connectivity index (χ4v) is 5.19. The van der Waals surface area contributed by atoms with Crippen LogP contribution in [0.25, 0.3) is 0 Å². The molecular formula is C31H27ClF3N4O4+. The lowest BCUT2D eigenvalue weighted by Gasteiger charge is -2.14. The normalized spacial score (nSPS) is 13.5. The van der Waals surface area contributed by atoms with Gasteiger partial charge in [0.1, 0.15) is 23.7 Å². The SMILES string of the molecule is COc1ccc([N+]2=C(c3cc(C(N)=O)c(C)n3Cc3cccc(OC(F)(F)F)c3)CN(Cc3ccc(Cl)cc3)C2=O)cc1. The molecule has 2 heterocycles. The molecule has 0 bridgehead atoms. The predicted molar refractivity (Wildman–Crippen MR) is 154 cm³/mol. The van der Waals surface area contributed by atoms with Gasteiger partial charge in [0.15, 0.2) is 12.3 Å². The van der Waals surface area contributed by atoms with Crippen LogP contribution in [0.1, 0.15) is 32.9 Å². The average Bonchev–Trinajstić information content (AvgIpc) is 3.45. The van der Waals surface area contributed by atoms with E-state index in [0.29, 0.717) is 39.1 Å². The minimum absolute atomic E-state index is 0.0782. The quantitative estimate of drug-likeness (QED) is 0.226. The number of benzene rings is 3. The summed E-state index contributed by atoms with van der Waals surface area (Å²) in [5.74, 6) is -0.444. The van der Waals surface area contributed by atoms with Crippen LogP contribution in [0, 0.1) is 6.92 Å². The van der Waals surface area contributed by atoms with E-state index in [1.54, 1.807) is 69.5 Å². The van der Waals surface area contributed by atoms with Gasteiger partial charge in [-0.1, -0.05) is 35.9 Å². The van der Waals surface area contributed by atoms with Crippen LogP contribution in [0.4, 0.5) is 23.7 Å². The van der Waals surface area contributed by atoms with E-state index in [1.165, 1.54) is 25.3 Å². The van der Waals surface area contributed by atoms with Crippen LogP contribution in [0.2, 0.25) is 5.02 Å². The zero-order valence-electron chi connectivity index (χ0n) is 23.2. The minimum Gasteiger partial charge on any atom is -0.497 e. The average molecular weight is 612 g/mol. The van der Waals surface area contributed by atoms with Gasteiger partial charge in [-0.3, -0.25) is 4.79 Å². The number of nitrogens with two attached hydrogens (primary N) is 1. The van der Waals surface area contributed by atoms with Crippen molar-refractivity contribution < 1.29 is 36.8 Å². The van der Waals surface area contributed by atoms with Gasteiger partial charge in [0.05, 0.1) is 18.4 Å². The third-order valence-corrected chi connectivity index (χ3v) is 7.34. The van der Waals surface area contributed by atoms with Gasteiger partial charge in [-0.25, -0.2) is 4.90 Å². The van der Waals surface area contributed by atoms with Crippen molar-refractivity contribution in [2.75, 3.05) is 13.7 Å². The van der Waals surface area contributed by atoms with Gasteiger partial charge in [-0.05, 0) is 72.6 Å². The third kappa shape index (κ3) is 6.51. The number of amides is 3. The summed E-state index contributed by atoms with van der Waals surface area (Å²) in [7, 11) is 1.54. The van der Waals surface area contributed by atoms with E-state index in [2.05, 4.69) is 4.74 Å². The van der Waals surface area contributed by atoms with Crippen molar-refractivity contribution in [1.29, 1.82) is 0 Å². The summed E-state index contributed by atoms with van der Waals surface area (Å²) in [6.45, 7) is 2.23. The number of alkyl halides is 3. The third-order valence-electron chi connectivity index (χ3n) is 7.09. The van der Waals surface area contributed by atoms with E-state index in [9.17, 15) is 22.8 Å². The lowest BCUT2D eigenvalue weighted by Crippen LogP contribution is -2.28. The van der Waals surface area contributed by atoms with Crippen molar-refractivity contribution >= 4 is 34.9 Å². The van der Waals surface area contributed by atoms with E-state index in [0.717, 1.165) is 5.56 Å². The Morgan fingerprint density at radius 2 is 1.67 bits per heavy atom. The maximum absolute atomic E-state index is 13.9. The number of nitrogens with zero attached hydrogens (tertiary/aromatic N) is 3. The highest BCUT2D eigenvalue weighted by Gasteiger charge is 2.42. The number of ether oxygens (including phenoxy) is 2. The smallest absolute Gasteiger partial charge is 0.497 e. The lowest BCUT2D eigenvalue weighted by atomic mass is 10.1. The molecule has 0 radical (unpaired) electrons. The zero-order chi connectivity index (χ0) is 30.9. The molecule has 8 nitrogen and oxygen atoms in total. The van der Waals surface area contributed by atoms with Crippen LogP contribution < -0.4 is 15.2 Å². The molecule has 43 heavy (non-hydrogen) atoms. The zero-order valence-corrected chi connectivity index (χ0v) is 23.9. The summed E-state index contributed by atoms with van der Waals surface area (Å²) in [6.07, 6.45) is -4.85. The van der Waals surface area contributed by atoms with Crippen LogP contribution in [0.3, 0.4) is 0 Å². The second-order valence-electron chi connectivity index (χ2n) is 9.92. The molecule has 1 aliphatic heterocycles. The molecule has 0 spiro atoms. The van der Waals surface area contributed by atoms with Crippen LogP contribution in [-0.2, 0) is 13.1 Å². The van der Waals surface area contributed by atoms with Gasteiger partial charge in [0, 0.05) is 17.3 Å². The van der Waals surface area contributed by atoms with Crippen molar-refractivity contribution in [2.45, 2.75) is 26.4 Å². The van der Waals surface area contributed by atoms with Crippen molar-refractivity contribution in [1.82, 2.24) is 9.47 Å². The highest BCUT2D eigenvalue weighted by Crippen LogP contribution is 2.29. The van der Waals surface area contributed by atoms with E-state index in [4.69, 9.17) is 22.1 Å². The molecule has 2 N–H and O–H groups in total. The molecule has 0 aliphatic carbocycles. The second-order valence-corrected chi connectivity index (χ2v) is 10.4. The Labute approximate surface area is 250 Å². The van der Waals surface area contributed by atoms with Gasteiger partial charge in [0.25, 0.3) is 5.91 Å². The lowest BCUT2D eigenvalue weighted by molar-refractivity contribution is -0.332. The number of hydrogen-bond donors (Lipinski definition) is 1. The molecule has 12 heteroatoms. The number of aromatic nitrogens is 1. The van der Waals surface area contributed by atoms with Crippen molar-refractivity contribution in [3.63, 3.8) is 0 Å². The molecular weight excluding hydrogens is 585 g/mol. The molecule has 0 unspecified atom stereocenters. The Kier molecular flexibility index (Phi) is 8.19. The molecule has 5 rings (SSSR count). The summed E-state index contributed by atoms with van der Waals surface area (Å²) >= 11 is 6.05. The summed E-state index contributed by atoms with van der Waals surface area (Å²) < 4.78 is 51.4. The number of urea groups is 1. The number of primary amides is 1. The monoisotopic (exact) mass is 611 g/mol. The number of carbonyl (C=O) groups excluding carboxylic acids is 2. The number of halogens is 4. The highest BCUT2D eigenvalue weighted by atomic mass is 35.5. The molecule has 222 valence electrons. The first-order valence-corrected chi connectivity index (χ1v) is 13.5. The molecule has 1 aromatic heterocycles. The maximum Gasteiger partial charge on any atom is 0.573 e. The maximum atomic E-state index is 13.9. The van der Waals surface area contributed by atoms with Gasteiger partial charge < -0.3 is 19.8 Å². The van der Waals surface area contributed by atoms with Crippen LogP contribution in [-0.4, -0.2) is 51.7 Å². The molecule has 4 aromatic rings. The number of hydrogen-bond acceptors (Lipinski definition) is 4. The van der Waals surface area contributed by atoms with Gasteiger partial charge in [-0.15, -0.1) is 13.2 Å². The molecule has 0 atom stereocenters. The first-order valence-electron chi connectivity index (χ1n) is 13.1. The summed E-state index contributed by atoms with van der Waals surface area (Å²) in [5.41, 5.74) is 9.40. The summed E-state index contributed by atoms with van der Waals surface area (Å²) in [5, 5.41) is 0.570. The minimum atomic E-state index is -4.85. The van der Waals surface area contributed by atoms with Crippen LogP contribution in [0.15, 0.2) is 78.9 Å². The predicted octanol–water partition coefficient (Wildman–Crippen LogP) is 6.27. The van der Waals surface area contributed by atoms with E-state index >= 15 is 0 Å². The molecule has 0 saturated carbocycles. The second kappa shape index (κ2) is 11.8. The number of methoxy groups -OCH3 is 1. The van der Waals surface area contributed by atoms with Crippen LogP contribution >= 0.6 is 11.6 Å². The Bertz CT molecular complexity index is 1710. The van der Waals surface area contributed by atoms with E-state index in [1.807, 2.05) is 12.1 Å². The fourth-order valence-electron chi connectivity index (χ4n) is 5.06. The molecule has 1 aliphatic rings. The van der Waals surface area contributed by atoms with Crippen molar-refractivity contribution in [3.05, 3.63) is 112 Å². The first kappa shape index (κ1) is 29.7. The summed E-state index contributed by atoms with van der Waals surface area (Å²) in [6, 6.07) is 21.0. The Hall–Kier alpha value is -4.77. The number of carbonyl (C=O) groups is 2. The highest BCUT2D eigenvalue weighted by molar-refractivity contribution is 6.30. The van der Waals surface area contributed by atoms with E-state index < -0.39 is 12.3 Å². The van der Waals surface area contributed by atoms with Gasteiger partial charge in [0.2, 0.25) is 0 Å². The summed E-state index contributed by atoms with van der Waals surface area (Å²) in [4.78, 5) is 28.0. The Balaban J connectivity index is 1.62. The topological polar surface area (TPSA) is 89.8 Å². The Morgan fingerprint density at radius 1 is 0.977 bits per heavy atom. The number of rotatable bonds is 9. The first-order chi connectivity index (χ1) is 20.4. The Morgan fingerprint density at radius 3 is 2.30 bits per heavy atom. The molecule has 3 aromatic carbocycles. The van der Waals surface area contributed by atoms with Crippen LogP contribution in [0.5, 0.6) is 11.5 Å². The standard InChI is InChI=1S/C31H26ClF3N4O4/c1-19-26(29(36)40)15-27(38(19)17-21-4-3-5-25(14-21)43-31(33,34)35)28-18-37(16-20-6-8-22(32)9-7-20)30(41)39(28)23-10-12-24(42-2)13-11-23/h3-15H,16-18H2,1-2H3,(H-,36,40)/p+1. The van der Waals surface area contributed by atoms with Gasteiger partial charge >= 0.3 is 12.4 Å². The van der Waals surface area contributed by atoms with Crippen molar-refractivity contribution in [3.8, 4) is 11.5 Å². The molecule has 0 saturated heterocycles. The fraction of sp³-hybridized carbons (Fsp3) is 0.194.